The Labute approximate surface area is 145 Å². The Bertz CT molecular complexity index is 655. The van der Waals surface area contributed by atoms with Gasteiger partial charge in [0.05, 0.1) is 0 Å². The lowest BCUT2D eigenvalue weighted by atomic mass is 9.46. The van der Waals surface area contributed by atoms with Crippen LogP contribution in [0.25, 0.3) is 0 Å². The standard InChI is InChI=1S/C22H30O2/c1-13-11-19-17-6-5-15-12-16(24)7-9-21(15,3)18(17)8-10-22(19,4)20(13)14(2)23/h12,17-20H,1,5-11H2,2-4H3/t17?,18?,19?,20-,21+,22+/m1/s1. The Morgan fingerprint density at radius 1 is 1.17 bits per heavy atom. The van der Waals surface area contributed by atoms with Crippen LogP contribution in [0.3, 0.4) is 0 Å². The van der Waals surface area contributed by atoms with Gasteiger partial charge in [-0.3, -0.25) is 9.59 Å². The zero-order valence-electron chi connectivity index (χ0n) is 15.4. The van der Waals surface area contributed by atoms with Crippen molar-refractivity contribution in [3.8, 4) is 0 Å². The van der Waals surface area contributed by atoms with Crippen LogP contribution < -0.4 is 0 Å². The summed E-state index contributed by atoms with van der Waals surface area (Å²) in [5, 5.41) is 0. The Hall–Kier alpha value is -1.18. The highest BCUT2D eigenvalue weighted by atomic mass is 16.1. The normalized spacial score (nSPS) is 47.5. The molecular formula is C22H30O2. The molecule has 130 valence electrons. The van der Waals surface area contributed by atoms with Gasteiger partial charge in [0.2, 0.25) is 0 Å². The summed E-state index contributed by atoms with van der Waals surface area (Å²) in [7, 11) is 0. The van der Waals surface area contributed by atoms with Crippen molar-refractivity contribution in [2.45, 2.75) is 65.7 Å². The molecule has 0 aliphatic heterocycles. The summed E-state index contributed by atoms with van der Waals surface area (Å²) in [6.07, 6.45) is 9.36. The lowest BCUT2D eigenvalue weighted by Crippen LogP contribution is -2.51. The molecule has 2 heteroatoms. The molecule has 0 spiro atoms. The molecule has 0 aromatic heterocycles. The first-order valence-corrected chi connectivity index (χ1v) is 9.69. The number of Topliss-reactive ketones (excluding diaryl/α,β-unsaturated/α-hetero) is 1. The fourth-order valence-electron chi connectivity index (χ4n) is 7.27. The lowest BCUT2D eigenvalue weighted by Gasteiger charge is -2.57. The van der Waals surface area contributed by atoms with E-state index in [2.05, 4.69) is 20.4 Å². The first-order chi connectivity index (χ1) is 11.3. The van der Waals surface area contributed by atoms with E-state index in [-0.39, 0.29) is 16.7 Å². The molecule has 6 atom stereocenters. The summed E-state index contributed by atoms with van der Waals surface area (Å²) >= 11 is 0. The maximum Gasteiger partial charge on any atom is 0.155 e. The van der Waals surface area contributed by atoms with Gasteiger partial charge in [-0.15, -0.1) is 0 Å². The molecule has 0 bridgehead atoms. The lowest BCUT2D eigenvalue weighted by molar-refractivity contribution is -0.127. The summed E-state index contributed by atoms with van der Waals surface area (Å²) in [6, 6.07) is 0. The summed E-state index contributed by atoms with van der Waals surface area (Å²) in [6.45, 7) is 10.8. The van der Waals surface area contributed by atoms with Gasteiger partial charge >= 0.3 is 0 Å². The van der Waals surface area contributed by atoms with Crippen LogP contribution in [0.4, 0.5) is 0 Å². The Morgan fingerprint density at radius 3 is 2.62 bits per heavy atom. The number of rotatable bonds is 1. The number of allylic oxidation sites excluding steroid dienone is 2. The third kappa shape index (κ3) is 2.01. The summed E-state index contributed by atoms with van der Waals surface area (Å²) in [5.41, 5.74) is 2.93. The van der Waals surface area contributed by atoms with Gasteiger partial charge in [-0.25, -0.2) is 0 Å². The molecule has 4 rings (SSSR count). The van der Waals surface area contributed by atoms with Gasteiger partial charge in [-0.05, 0) is 80.1 Å². The minimum absolute atomic E-state index is 0.0705. The maximum absolute atomic E-state index is 12.3. The van der Waals surface area contributed by atoms with Crippen LogP contribution in [0, 0.1) is 34.5 Å². The number of carbonyl (C=O) groups is 2. The van der Waals surface area contributed by atoms with Crippen LogP contribution >= 0.6 is 0 Å². The monoisotopic (exact) mass is 326 g/mol. The topological polar surface area (TPSA) is 34.1 Å². The summed E-state index contributed by atoms with van der Waals surface area (Å²) in [5.74, 6) is 2.69. The third-order valence-electron chi connectivity index (χ3n) is 8.36. The third-order valence-corrected chi connectivity index (χ3v) is 8.36. The second kappa shape index (κ2) is 5.16. The van der Waals surface area contributed by atoms with Crippen molar-refractivity contribution >= 4 is 11.6 Å². The van der Waals surface area contributed by atoms with E-state index < -0.39 is 0 Å². The molecule has 4 aliphatic carbocycles. The highest BCUT2D eigenvalue weighted by Crippen LogP contribution is 2.67. The highest BCUT2D eigenvalue weighted by Gasteiger charge is 2.60. The summed E-state index contributed by atoms with van der Waals surface area (Å²) < 4.78 is 0. The first kappa shape index (κ1) is 16.3. The molecule has 3 fully saturated rings. The summed E-state index contributed by atoms with van der Waals surface area (Å²) in [4.78, 5) is 24.2. The predicted octanol–water partition coefficient (Wildman–Crippen LogP) is 4.89. The second-order valence-electron chi connectivity index (χ2n) is 9.42. The van der Waals surface area contributed by atoms with E-state index in [1.165, 1.54) is 24.0 Å². The van der Waals surface area contributed by atoms with Gasteiger partial charge in [-0.1, -0.05) is 31.6 Å². The molecule has 0 aromatic rings. The smallest absolute Gasteiger partial charge is 0.155 e. The largest absolute Gasteiger partial charge is 0.299 e. The van der Waals surface area contributed by atoms with E-state index in [4.69, 9.17) is 0 Å². The number of hydrogen-bond acceptors (Lipinski definition) is 2. The zero-order chi connectivity index (χ0) is 17.3. The molecule has 2 nitrogen and oxygen atoms in total. The fourth-order valence-corrected chi connectivity index (χ4v) is 7.27. The molecule has 3 unspecified atom stereocenters. The number of carbonyl (C=O) groups excluding carboxylic acids is 2. The molecule has 4 aliphatic rings. The van der Waals surface area contributed by atoms with E-state index in [0.717, 1.165) is 25.7 Å². The molecule has 0 heterocycles. The predicted molar refractivity (Wildman–Crippen MR) is 95.4 cm³/mol. The van der Waals surface area contributed by atoms with Crippen molar-refractivity contribution in [1.82, 2.24) is 0 Å². The average molecular weight is 326 g/mol. The van der Waals surface area contributed by atoms with Gasteiger partial charge in [0.15, 0.2) is 5.78 Å². The van der Waals surface area contributed by atoms with Crippen LogP contribution in [0.1, 0.15) is 65.7 Å². The number of fused-ring (bicyclic) bond motifs is 5. The fraction of sp³-hybridized carbons (Fsp3) is 0.727. The number of ketones is 2. The van der Waals surface area contributed by atoms with E-state index in [0.29, 0.717) is 35.7 Å². The van der Waals surface area contributed by atoms with E-state index >= 15 is 0 Å². The quantitative estimate of drug-likeness (QED) is 0.643. The zero-order valence-corrected chi connectivity index (χ0v) is 15.4. The highest BCUT2D eigenvalue weighted by molar-refractivity contribution is 5.91. The van der Waals surface area contributed by atoms with Crippen molar-refractivity contribution in [3.05, 3.63) is 23.8 Å². The molecule has 3 saturated carbocycles. The molecule has 0 saturated heterocycles. The molecule has 0 N–H and O–H groups in total. The van der Waals surface area contributed by atoms with Crippen molar-refractivity contribution < 1.29 is 9.59 Å². The van der Waals surface area contributed by atoms with Crippen LogP contribution in [0.2, 0.25) is 0 Å². The molecular weight excluding hydrogens is 296 g/mol. The van der Waals surface area contributed by atoms with E-state index in [1.54, 1.807) is 6.92 Å². The Kier molecular flexibility index (Phi) is 3.50. The SMILES string of the molecule is C=C1CC2C3CCC4=CC(=O)CC[C@]4(C)C3CC[C@]2(C)[C@H]1C(C)=O. The van der Waals surface area contributed by atoms with Crippen LogP contribution in [-0.2, 0) is 9.59 Å². The minimum Gasteiger partial charge on any atom is -0.299 e. The molecule has 0 radical (unpaired) electrons. The van der Waals surface area contributed by atoms with Gasteiger partial charge in [0, 0.05) is 12.3 Å². The number of hydrogen-bond donors (Lipinski definition) is 0. The maximum atomic E-state index is 12.3. The van der Waals surface area contributed by atoms with E-state index in [1.807, 2.05) is 6.08 Å². The van der Waals surface area contributed by atoms with Gasteiger partial charge in [0.1, 0.15) is 5.78 Å². The van der Waals surface area contributed by atoms with Crippen LogP contribution in [0.15, 0.2) is 23.8 Å². The van der Waals surface area contributed by atoms with Crippen LogP contribution in [0.5, 0.6) is 0 Å². The van der Waals surface area contributed by atoms with E-state index in [9.17, 15) is 9.59 Å². The van der Waals surface area contributed by atoms with Crippen molar-refractivity contribution in [2.75, 3.05) is 0 Å². The molecule has 0 amide bonds. The molecule has 0 aromatic carbocycles. The van der Waals surface area contributed by atoms with Gasteiger partial charge in [-0.2, -0.15) is 0 Å². The Morgan fingerprint density at radius 2 is 1.92 bits per heavy atom. The molecule has 24 heavy (non-hydrogen) atoms. The van der Waals surface area contributed by atoms with Crippen molar-refractivity contribution in [3.63, 3.8) is 0 Å². The average Bonchev–Trinajstić information content (AvgIpc) is 2.78. The van der Waals surface area contributed by atoms with Crippen molar-refractivity contribution in [1.29, 1.82) is 0 Å². The van der Waals surface area contributed by atoms with Gasteiger partial charge in [0.25, 0.3) is 0 Å². The first-order valence-electron chi connectivity index (χ1n) is 9.69. The van der Waals surface area contributed by atoms with Crippen LogP contribution in [-0.4, -0.2) is 11.6 Å². The van der Waals surface area contributed by atoms with Gasteiger partial charge < -0.3 is 0 Å². The minimum atomic E-state index is 0.0705. The second-order valence-corrected chi connectivity index (χ2v) is 9.42. The Balaban J connectivity index is 1.70. The van der Waals surface area contributed by atoms with Crippen molar-refractivity contribution in [2.24, 2.45) is 34.5 Å².